The molecular weight excluding hydrogens is 649 g/mol. The number of nitrogens with zero attached hydrogens (tertiary/aromatic N) is 4. The molecule has 0 N–H and O–H groups in total. The summed E-state index contributed by atoms with van der Waals surface area (Å²) in [6.07, 6.45) is 10.1. The molecule has 4 aromatic carbocycles. The summed E-state index contributed by atoms with van der Waals surface area (Å²) in [6.45, 7) is 15.6. The maximum atomic E-state index is 6.82. The van der Waals surface area contributed by atoms with Gasteiger partial charge >= 0.3 is 0 Å². The van der Waals surface area contributed by atoms with Crippen LogP contribution in [0.5, 0.6) is 11.5 Å². The van der Waals surface area contributed by atoms with Crippen LogP contribution in [0.3, 0.4) is 0 Å². The second-order valence-electron chi connectivity index (χ2n) is 15.4. The van der Waals surface area contributed by atoms with Crippen molar-refractivity contribution in [1.82, 2.24) is 19.3 Å². The summed E-state index contributed by atoms with van der Waals surface area (Å²) >= 11 is 0. The van der Waals surface area contributed by atoms with E-state index in [1.54, 1.807) is 0 Å². The third-order valence-corrected chi connectivity index (χ3v) is 10.7. The van der Waals surface area contributed by atoms with E-state index in [1.807, 2.05) is 6.20 Å². The average molecular weight is 703 g/mol. The topological polar surface area (TPSA) is 44.9 Å². The smallest absolute Gasteiger partial charge is 0.137 e. The van der Waals surface area contributed by atoms with Crippen LogP contribution in [0, 0.1) is 26.7 Å². The lowest BCUT2D eigenvalue weighted by Gasteiger charge is -2.14. The second kappa shape index (κ2) is 15.8. The van der Waals surface area contributed by atoms with Crippen molar-refractivity contribution in [1.29, 1.82) is 0 Å². The first-order chi connectivity index (χ1) is 25.7. The average Bonchev–Trinajstić information content (AvgIpc) is 3.63. The Morgan fingerprint density at radius 1 is 0.717 bits per heavy atom. The van der Waals surface area contributed by atoms with Gasteiger partial charge in [0.1, 0.15) is 17.3 Å². The van der Waals surface area contributed by atoms with Gasteiger partial charge in [0, 0.05) is 40.4 Å². The standard InChI is InChI=1S/C48H54N4O/c1-8-9-11-17-37-27-40(52-36(7)48(35(6)50-52)38-18-12-10-13-19-38)30-42(28-37)53-41-21-22-43-44-29-39(34(5)16-14-15-32(2)3)20-23-45(44)51(46(43)31-41)47-26-33(4)24-25-49-47/h10,12-13,18-32,34H,8-9,11,14-17H2,1-7H3. The molecule has 0 saturated heterocycles. The summed E-state index contributed by atoms with van der Waals surface area (Å²) in [5, 5.41) is 7.51. The summed E-state index contributed by atoms with van der Waals surface area (Å²) in [7, 11) is 0. The van der Waals surface area contributed by atoms with Crippen LogP contribution in [0.4, 0.5) is 0 Å². The van der Waals surface area contributed by atoms with Crippen LogP contribution in [0.15, 0.2) is 103 Å². The van der Waals surface area contributed by atoms with Gasteiger partial charge in [0.2, 0.25) is 0 Å². The van der Waals surface area contributed by atoms with Gasteiger partial charge in [0.15, 0.2) is 0 Å². The molecule has 3 heterocycles. The molecule has 7 rings (SSSR count). The van der Waals surface area contributed by atoms with Crippen LogP contribution >= 0.6 is 0 Å². The Labute approximate surface area is 315 Å². The number of aromatic nitrogens is 4. The lowest BCUT2D eigenvalue weighted by molar-refractivity contribution is 0.482. The molecule has 5 heteroatoms. The first kappa shape index (κ1) is 36.2. The van der Waals surface area contributed by atoms with Crippen molar-refractivity contribution in [2.24, 2.45) is 5.92 Å². The molecule has 1 unspecified atom stereocenters. The van der Waals surface area contributed by atoms with Crippen molar-refractivity contribution in [3.05, 3.63) is 131 Å². The summed E-state index contributed by atoms with van der Waals surface area (Å²) < 4.78 is 11.2. The fraction of sp³-hybridized carbons (Fsp3) is 0.333. The second-order valence-corrected chi connectivity index (χ2v) is 15.4. The van der Waals surface area contributed by atoms with Crippen LogP contribution in [-0.2, 0) is 6.42 Å². The van der Waals surface area contributed by atoms with Crippen LogP contribution in [0.1, 0.15) is 100 Å². The van der Waals surface area contributed by atoms with Crippen LogP contribution in [0.2, 0.25) is 0 Å². The van der Waals surface area contributed by atoms with Crippen molar-refractivity contribution >= 4 is 21.8 Å². The third kappa shape index (κ3) is 7.81. The molecule has 0 saturated carbocycles. The van der Waals surface area contributed by atoms with Crippen molar-refractivity contribution in [3.63, 3.8) is 0 Å². The Hall–Kier alpha value is -5.16. The molecule has 0 spiro atoms. The van der Waals surface area contributed by atoms with Gasteiger partial charge in [-0.05, 0) is 123 Å². The fourth-order valence-corrected chi connectivity index (χ4v) is 7.88. The highest BCUT2D eigenvalue weighted by atomic mass is 16.5. The van der Waals surface area contributed by atoms with Gasteiger partial charge in [-0.1, -0.05) is 89.8 Å². The highest BCUT2D eigenvalue weighted by Gasteiger charge is 2.19. The SMILES string of the molecule is CCCCCc1cc(Oc2ccc3c4cc(C(C)CCCC(C)C)ccc4n(-c4cc(C)ccn4)c3c2)cc(-n2nc(C)c(-c3ccccc3)c2C)c1. The Morgan fingerprint density at radius 3 is 2.32 bits per heavy atom. The Balaban J connectivity index is 1.30. The van der Waals surface area contributed by atoms with Crippen LogP contribution < -0.4 is 4.74 Å². The minimum atomic E-state index is 0.501. The van der Waals surface area contributed by atoms with Gasteiger partial charge in [-0.15, -0.1) is 0 Å². The predicted octanol–water partition coefficient (Wildman–Crippen LogP) is 13.4. The van der Waals surface area contributed by atoms with Gasteiger partial charge < -0.3 is 4.74 Å². The lowest BCUT2D eigenvalue weighted by atomic mass is 9.92. The van der Waals surface area contributed by atoms with E-state index < -0.39 is 0 Å². The van der Waals surface area contributed by atoms with Gasteiger partial charge in [-0.2, -0.15) is 5.10 Å². The summed E-state index contributed by atoms with van der Waals surface area (Å²) in [5.74, 6) is 3.77. The van der Waals surface area contributed by atoms with E-state index in [2.05, 4.69) is 155 Å². The molecule has 3 aromatic heterocycles. The third-order valence-electron chi connectivity index (χ3n) is 10.7. The molecule has 0 aliphatic heterocycles. The number of ether oxygens (including phenoxy) is 1. The van der Waals surface area contributed by atoms with Gasteiger partial charge in [-0.3, -0.25) is 4.57 Å². The Morgan fingerprint density at radius 2 is 1.55 bits per heavy atom. The minimum absolute atomic E-state index is 0.501. The number of aryl methyl sites for hydroxylation is 3. The Kier molecular flexibility index (Phi) is 10.8. The summed E-state index contributed by atoms with van der Waals surface area (Å²) in [5.41, 5.74) is 11.6. The highest BCUT2D eigenvalue weighted by molar-refractivity contribution is 6.09. The molecule has 0 aliphatic rings. The maximum absolute atomic E-state index is 6.82. The molecule has 7 aromatic rings. The van der Waals surface area contributed by atoms with E-state index in [4.69, 9.17) is 14.8 Å². The van der Waals surface area contributed by atoms with Crippen molar-refractivity contribution in [2.45, 2.75) is 99.3 Å². The zero-order chi connectivity index (χ0) is 37.1. The molecule has 0 fully saturated rings. The zero-order valence-electron chi connectivity index (χ0n) is 32.6. The quantitative estimate of drug-likeness (QED) is 0.106. The predicted molar refractivity (Wildman–Crippen MR) is 222 cm³/mol. The van der Waals surface area contributed by atoms with Gasteiger partial charge in [0.05, 0.1) is 22.4 Å². The molecule has 0 amide bonds. The number of fused-ring (bicyclic) bond motifs is 3. The van der Waals surface area contributed by atoms with E-state index in [0.29, 0.717) is 5.92 Å². The summed E-state index contributed by atoms with van der Waals surface area (Å²) in [6, 6.07) is 35.0. The molecule has 5 nitrogen and oxygen atoms in total. The summed E-state index contributed by atoms with van der Waals surface area (Å²) in [4.78, 5) is 4.85. The molecule has 53 heavy (non-hydrogen) atoms. The number of hydrogen-bond acceptors (Lipinski definition) is 3. The minimum Gasteiger partial charge on any atom is -0.457 e. The van der Waals surface area contributed by atoms with E-state index >= 15 is 0 Å². The molecule has 0 radical (unpaired) electrons. The largest absolute Gasteiger partial charge is 0.457 e. The van der Waals surface area contributed by atoms with E-state index in [0.717, 1.165) is 64.2 Å². The fourth-order valence-electron chi connectivity index (χ4n) is 7.88. The van der Waals surface area contributed by atoms with Gasteiger partial charge in [0.25, 0.3) is 0 Å². The number of pyridine rings is 1. The highest BCUT2D eigenvalue weighted by Crippen LogP contribution is 2.38. The van der Waals surface area contributed by atoms with Crippen LogP contribution in [0.25, 0.3) is 44.4 Å². The van der Waals surface area contributed by atoms with E-state index in [1.165, 1.54) is 70.7 Å². The lowest BCUT2D eigenvalue weighted by Crippen LogP contribution is -2.02. The monoisotopic (exact) mass is 702 g/mol. The van der Waals surface area contributed by atoms with E-state index in [-0.39, 0.29) is 0 Å². The van der Waals surface area contributed by atoms with Crippen molar-refractivity contribution in [3.8, 4) is 34.1 Å². The molecule has 0 bridgehead atoms. The molecule has 1 atom stereocenters. The van der Waals surface area contributed by atoms with Crippen molar-refractivity contribution < 1.29 is 4.74 Å². The number of benzene rings is 4. The van der Waals surface area contributed by atoms with Crippen molar-refractivity contribution in [2.75, 3.05) is 0 Å². The molecular formula is C48H54N4O. The zero-order valence-corrected chi connectivity index (χ0v) is 32.6. The van der Waals surface area contributed by atoms with Crippen LogP contribution in [-0.4, -0.2) is 19.3 Å². The van der Waals surface area contributed by atoms with Gasteiger partial charge in [-0.25, -0.2) is 9.67 Å². The first-order valence-electron chi connectivity index (χ1n) is 19.6. The molecule has 0 aliphatic carbocycles. The van der Waals surface area contributed by atoms with E-state index in [9.17, 15) is 0 Å². The number of rotatable bonds is 14. The number of unbranched alkanes of at least 4 members (excludes halogenated alkanes) is 2. The first-order valence-corrected chi connectivity index (χ1v) is 19.6. The number of hydrogen-bond donors (Lipinski definition) is 0. The normalized spacial score (nSPS) is 12.3. The molecule has 272 valence electrons. The maximum Gasteiger partial charge on any atom is 0.137 e. The Bertz CT molecular complexity index is 2350.